The van der Waals surface area contributed by atoms with E-state index in [2.05, 4.69) is 0 Å². The average Bonchev–Trinajstić information content (AvgIpc) is 2.54. The maximum absolute atomic E-state index is 11.5. The van der Waals surface area contributed by atoms with Crippen LogP contribution in [0, 0.1) is 5.92 Å². The Bertz CT molecular complexity index is 670. The van der Waals surface area contributed by atoms with Gasteiger partial charge in [0.25, 0.3) is 0 Å². The molecule has 0 aromatic heterocycles. The van der Waals surface area contributed by atoms with Crippen molar-refractivity contribution in [3.8, 4) is 11.5 Å². The van der Waals surface area contributed by atoms with E-state index < -0.39 is 12.1 Å². The molecule has 0 saturated carbocycles. The average molecular weight is 349 g/mol. The summed E-state index contributed by atoms with van der Waals surface area (Å²) in [7, 11) is 0. The van der Waals surface area contributed by atoms with Crippen molar-refractivity contribution in [3.05, 3.63) is 59.1 Å². The van der Waals surface area contributed by atoms with Crippen molar-refractivity contribution >= 4 is 17.6 Å². The van der Waals surface area contributed by atoms with Gasteiger partial charge in [-0.15, -0.1) is 0 Å². The zero-order chi connectivity index (χ0) is 17.5. The Morgan fingerprint density at radius 2 is 1.88 bits per heavy atom. The molecule has 24 heavy (non-hydrogen) atoms. The summed E-state index contributed by atoms with van der Waals surface area (Å²) < 4.78 is 11.4. The van der Waals surface area contributed by atoms with E-state index in [1.54, 1.807) is 18.2 Å². The molecule has 0 unspecified atom stereocenters. The normalized spacial score (nSPS) is 12.2. The number of aliphatic carboxylic acids is 1. The van der Waals surface area contributed by atoms with E-state index in [9.17, 15) is 9.90 Å². The van der Waals surface area contributed by atoms with Crippen LogP contribution in [0.15, 0.2) is 48.5 Å². The smallest absolute Gasteiger partial charge is 0.333 e. The summed E-state index contributed by atoms with van der Waals surface area (Å²) in [6.45, 7) is 4.33. The Kier molecular flexibility index (Phi) is 6.64. The predicted octanol–water partition coefficient (Wildman–Crippen LogP) is 4.80. The highest BCUT2D eigenvalue weighted by molar-refractivity contribution is 6.30. The van der Waals surface area contributed by atoms with Crippen LogP contribution in [0.1, 0.15) is 19.4 Å². The van der Waals surface area contributed by atoms with Crippen LogP contribution in [0.2, 0.25) is 5.02 Å². The molecule has 2 aromatic rings. The Hall–Kier alpha value is -2.04. The van der Waals surface area contributed by atoms with Crippen molar-refractivity contribution in [1.29, 1.82) is 0 Å². The Morgan fingerprint density at radius 1 is 1.17 bits per heavy atom. The lowest BCUT2D eigenvalue weighted by atomic mass is 10.1. The third-order valence-electron chi connectivity index (χ3n) is 3.31. The molecule has 1 atom stereocenters. The zero-order valence-electron chi connectivity index (χ0n) is 13.7. The van der Waals surface area contributed by atoms with Crippen molar-refractivity contribution in [2.75, 3.05) is 6.61 Å². The van der Waals surface area contributed by atoms with Gasteiger partial charge >= 0.3 is 5.97 Å². The number of carboxylic acids is 1. The van der Waals surface area contributed by atoms with Crippen LogP contribution >= 0.6 is 11.6 Å². The monoisotopic (exact) mass is 348 g/mol. The number of halogens is 1. The molecule has 0 saturated heterocycles. The number of para-hydroxylation sites is 1. The second kappa shape index (κ2) is 8.71. The van der Waals surface area contributed by atoms with E-state index in [1.807, 2.05) is 44.2 Å². The topological polar surface area (TPSA) is 55.8 Å². The molecular weight excluding hydrogens is 328 g/mol. The Morgan fingerprint density at radius 3 is 2.50 bits per heavy atom. The van der Waals surface area contributed by atoms with Gasteiger partial charge in [-0.2, -0.15) is 0 Å². The molecular formula is C19H21ClO4. The van der Waals surface area contributed by atoms with Gasteiger partial charge in [-0.3, -0.25) is 0 Å². The Labute approximate surface area is 147 Å². The van der Waals surface area contributed by atoms with E-state index in [0.717, 1.165) is 0 Å². The molecule has 0 radical (unpaired) electrons. The second-order valence-electron chi connectivity index (χ2n) is 5.93. The number of hydrogen-bond donors (Lipinski definition) is 1. The summed E-state index contributed by atoms with van der Waals surface area (Å²) in [5.41, 5.74) is 0.697. The van der Waals surface area contributed by atoms with Crippen molar-refractivity contribution in [2.45, 2.75) is 26.4 Å². The molecule has 128 valence electrons. The second-order valence-corrected chi connectivity index (χ2v) is 6.36. The fraction of sp³-hybridized carbons (Fsp3) is 0.316. The maximum atomic E-state index is 11.5. The molecule has 0 amide bonds. The van der Waals surface area contributed by atoms with Crippen LogP contribution in [-0.2, 0) is 16.0 Å². The molecule has 0 aliphatic heterocycles. The molecule has 2 rings (SSSR count). The molecule has 0 fully saturated rings. The molecule has 5 heteroatoms. The minimum atomic E-state index is -0.999. The maximum Gasteiger partial charge on any atom is 0.333 e. The van der Waals surface area contributed by atoms with Gasteiger partial charge in [0.1, 0.15) is 11.5 Å². The largest absolute Gasteiger partial charge is 0.479 e. The van der Waals surface area contributed by atoms with Crippen molar-refractivity contribution in [1.82, 2.24) is 0 Å². The Balaban J connectivity index is 2.20. The third-order valence-corrected chi connectivity index (χ3v) is 3.54. The number of carbonyl (C=O) groups is 1. The van der Waals surface area contributed by atoms with Gasteiger partial charge < -0.3 is 14.6 Å². The van der Waals surface area contributed by atoms with Crippen LogP contribution in [0.3, 0.4) is 0 Å². The summed E-state index contributed by atoms with van der Waals surface area (Å²) in [5.74, 6) is 0.508. The summed E-state index contributed by atoms with van der Waals surface area (Å²) >= 11 is 6.07. The minimum Gasteiger partial charge on any atom is -0.479 e. The van der Waals surface area contributed by atoms with Gasteiger partial charge in [0, 0.05) is 11.4 Å². The van der Waals surface area contributed by atoms with Crippen molar-refractivity contribution in [3.63, 3.8) is 0 Å². The predicted molar refractivity (Wildman–Crippen MR) is 93.9 cm³/mol. The van der Waals surface area contributed by atoms with E-state index in [0.29, 0.717) is 28.7 Å². The first-order valence-corrected chi connectivity index (χ1v) is 8.19. The van der Waals surface area contributed by atoms with Crippen LogP contribution in [0.4, 0.5) is 0 Å². The zero-order valence-corrected chi connectivity index (χ0v) is 14.5. The molecule has 0 aliphatic carbocycles. The lowest BCUT2D eigenvalue weighted by Crippen LogP contribution is -2.28. The standard InChI is InChI=1S/C19H21ClO4/c1-13(2)12-23-18(19(21)22)11-14-10-15(20)8-9-17(14)24-16-6-4-3-5-7-16/h3-10,13,18H,11-12H2,1-2H3,(H,21,22)/t18-/m1/s1. The summed E-state index contributed by atoms with van der Waals surface area (Å²) in [6.07, 6.45) is -0.755. The lowest BCUT2D eigenvalue weighted by Gasteiger charge is -2.18. The van der Waals surface area contributed by atoms with Gasteiger partial charge in [0.05, 0.1) is 6.61 Å². The SMILES string of the molecule is CC(C)CO[C@H](Cc1cc(Cl)ccc1Oc1ccccc1)C(=O)O. The molecule has 4 nitrogen and oxygen atoms in total. The highest BCUT2D eigenvalue weighted by Crippen LogP contribution is 2.29. The molecule has 2 aromatic carbocycles. The first kappa shape index (κ1) is 18.3. The van der Waals surface area contributed by atoms with Crippen LogP contribution in [0.25, 0.3) is 0 Å². The minimum absolute atomic E-state index is 0.185. The van der Waals surface area contributed by atoms with E-state index in [-0.39, 0.29) is 12.3 Å². The fourth-order valence-corrected chi connectivity index (χ4v) is 2.34. The third kappa shape index (κ3) is 5.55. The van der Waals surface area contributed by atoms with Crippen molar-refractivity contribution < 1.29 is 19.4 Å². The van der Waals surface area contributed by atoms with Gasteiger partial charge in [0.2, 0.25) is 0 Å². The van der Waals surface area contributed by atoms with Gasteiger partial charge in [-0.1, -0.05) is 43.6 Å². The van der Waals surface area contributed by atoms with Crippen LogP contribution in [-0.4, -0.2) is 23.8 Å². The van der Waals surface area contributed by atoms with Crippen LogP contribution in [0.5, 0.6) is 11.5 Å². The summed E-state index contributed by atoms with van der Waals surface area (Å²) in [6, 6.07) is 14.5. The number of hydrogen-bond acceptors (Lipinski definition) is 3. The highest BCUT2D eigenvalue weighted by atomic mass is 35.5. The number of ether oxygens (including phenoxy) is 2. The lowest BCUT2D eigenvalue weighted by molar-refractivity contribution is -0.150. The van der Waals surface area contributed by atoms with Gasteiger partial charge in [-0.25, -0.2) is 4.79 Å². The number of benzene rings is 2. The first-order chi connectivity index (χ1) is 11.5. The van der Waals surface area contributed by atoms with Gasteiger partial charge in [0.15, 0.2) is 6.10 Å². The molecule has 0 heterocycles. The quantitative estimate of drug-likeness (QED) is 0.744. The van der Waals surface area contributed by atoms with E-state index >= 15 is 0 Å². The highest BCUT2D eigenvalue weighted by Gasteiger charge is 2.21. The molecule has 0 aliphatic rings. The first-order valence-electron chi connectivity index (χ1n) is 7.81. The van der Waals surface area contributed by atoms with Gasteiger partial charge in [-0.05, 0) is 41.8 Å². The summed E-state index contributed by atoms with van der Waals surface area (Å²) in [4.78, 5) is 11.5. The van der Waals surface area contributed by atoms with Crippen molar-refractivity contribution in [2.24, 2.45) is 5.92 Å². The fourth-order valence-electron chi connectivity index (χ4n) is 2.15. The van der Waals surface area contributed by atoms with E-state index in [1.165, 1.54) is 0 Å². The number of carboxylic acid groups (broad SMARTS) is 1. The molecule has 1 N–H and O–H groups in total. The van der Waals surface area contributed by atoms with Crippen LogP contribution < -0.4 is 4.74 Å². The number of rotatable bonds is 8. The molecule has 0 bridgehead atoms. The van der Waals surface area contributed by atoms with E-state index in [4.69, 9.17) is 21.1 Å². The molecule has 0 spiro atoms. The summed E-state index contributed by atoms with van der Waals surface area (Å²) in [5, 5.41) is 9.92.